The highest BCUT2D eigenvalue weighted by molar-refractivity contribution is 7.65. The van der Waals surface area contributed by atoms with Gasteiger partial charge in [-0.2, -0.15) is 9.97 Å². The number of hydrogen-bond acceptors (Lipinski definition) is 6. The van der Waals surface area contributed by atoms with Crippen molar-refractivity contribution in [3.05, 3.63) is 53.1 Å². The third-order valence-electron chi connectivity index (χ3n) is 3.61. The first-order chi connectivity index (χ1) is 11.9. The Labute approximate surface area is 147 Å². The number of allylic oxidation sites excluding steroid dienone is 1. The number of aliphatic hydroxyl groups is 1. The first-order valence-electron chi connectivity index (χ1n) is 7.46. The molecule has 0 unspecified atom stereocenters. The van der Waals surface area contributed by atoms with E-state index in [-0.39, 0.29) is 40.0 Å². The molecule has 0 fully saturated rings. The van der Waals surface area contributed by atoms with Crippen molar-refractivity contribution >= 4 is 22.7 Å². The van der Waals surface area contributed by atoms with Crippen LogP contribution < -0.4 is 5.56 Å². The van der Waals surface area contributed by atoms with Crippen LogP contribution in [0.5, 0.6) is 0 Å². The van der Waals surface area contributed by atoms with Crippen molar-refractivity contribution in [2.45, 2.75) is 31.1 Å². The average Bonchev–Trinajstić information content (AvgIpc) is 2.86. The lowest BCUT2D eigenvalue weighted by Crippen LogP contribution is -2.23. The van der Waals surface area contributed by atoms with Gasteiger partial charge in [0.2, 0.25) is 0 Å². The first-order valence-corrected chi connectivity index (χ1v) is 8.20. The molecule has 0 spiro atoms. The molecule has 3 heterocycles. The molecule has 3 aromatic rings. The van der Waals surface area contributed by atoms with Crippen LogP contribution in [0.2, 0.25) is 0 Å². The van der Waals surface area contributed by atoms with Crippen LogP contribution in [0.4, 0.5) is 0 Å². The van der Waals surface area contributed by atoms with Crippen LogP contribution in [0.15, 0.2) is 47.0 Å². The SMILES string of the molecule is C=CCn1c(=O)c2cnc([S+]=O)nc2n1-c1cccc(C(C)(C)O)n1. The summed E-state index contributed by atoms with van der Waals surface area (Å²) >= 11 is 0.146. The second-order valence-corrected chi connectivity index (χ2v) is 6.43. The van der Waals surface area contributed by atoms with Crippen LogP contribution in [0.3, 0.4) is 0 Å². The third kappa shape index (κ3) is 2.99. The molecule has 0 aromatic carbocycles. The standard InChI is InChI=1S/C16H16N5O3S/c1-4-8-20-14(22)10-9-17-15(25-24)19-13(10)21(20)12-7-5-6-11(18-12)16(2,3)23/h4-7,9,23H,1,8H2,2-3H3/q+1. The molecule has 8 nitrogen and oxygen atoms in total. The summed E-state index contributed by atoms with van der Waals surface area (Å²) in [6.45, 7) is 7.14. The summed E-state index contributed by atoms with van der Waals surface area (Å²) in [6.07, 6.45) is 2.91. The van der Waals surface area contributed by atoms with Gasteiger partial charge in [-0.1, -0.05) is 12.1 Å². The van der Waals surface area contributed by atoms with E-state index < -0.39 is 5.60 Å². The first kappa shape index (κ1) is 17.1. The van der Waals surface area contributed by atoms with E-state index in [9.17, 15) is 14.1 Å². The van der Waals surface area contributed by atoms with Gasteiger partial charge in [0.15, 0.2) is 11.5 Å². The summed E-state index contributed by atoms with van der Waals surface area (Å²) in [5.41, 5.74) is -0.738. The van der Waals surface area contributed by atoms with E-state index >= 15 is 0 Å². The molecule has 0 aliphatic carbocycles. The molecule has 3 rings (SSSR count). The fraction of sp³-hybridized carbons (Fsp3) is 0.250. The van der Waals surface area contributed by atoms with Crippen LogP contribution in [0.25, 0.3) is 16.9 Å². The summed E-state index contributed by atoms with van der Waals surface area (Å²) in [6, 6.07) is 5.12. The average molecular weight is 358 g/mol. The number of nitrogens with zero attached hydrogens (tertiary/aromatic N) is 5. The van der Waals surface area contributed by atoms with Crippen LogP contribution in [0.1, 0.15) is 19.5 Å². The van der Waals surface area contributed by atoms with Crippen molar-refractivity contribution < 1.29 is 9.32 Å². The minimum Gasteiger partial charge on any atom is -0.384 e. The van der Waals surface area contributed by atoms with Gasteiger partial charge in [-0.15, -0.1) is 6.58 Å². The zero-order valence-electron chi connectivity index (χ0n) is 13.7. The van der Waals surface area contributed by atoms with E-state index in [1.807, 2.05) is 0 Å². The lowest BCUT2D eigenvalue weighted by molar-refractivity contribution is 0.0738. The van der Waals surface area contributed by atoms with Gasteiger partial charge in [-0.25, -0.2) is 14.3 Å². The van der Waals surface area contributed by atoms with Crippen molar-refractivity contribution in [3.8, 4) is 5.82 Å². The Hall–Kier alpha value is -2.78. The Morgan fingerprint density at radius 2 is 2.12 bits per heavy atom. The van der Waals surface area contributed by atoms with Gasteiger partial charge in [-0.3, -0.25) is 4.79 Å². The molecule has 128 valence electrons. The molecule has 0 aliphatic rings. The van der Waals surface area contributed by atoms with Crippen molar-refractivity contribution in [2.75, 3.05) is 0 Å². The van der Waals surface area contributed by atoms with E-state index in [1.54, 1.807) is 38.1 Å². The lowest BCUT2D eigenvalue weighted by Gasteiger charge is -2.18. The summed E-state index contributed by atoms with van der Waals surface area (Å²) in [5, 5.41) is 10.5. The van der Waals surface area contributed by atoms with Crippen LogP contribution >= 0.6 is 0 Å². The van der Waals surface area contributed by atoms with E-state index in [0.717, 1.165) is 0 Å². The smallest absolute Gasteiger partial charge is 0.384 e. The molecule has 0 saturated carbocycles. The van der Waals surface area contributed by atoms with Gasteiger partial charge in [-0.05, 0) is 26.0 Å². The molecule has 0 bridgehead atoms. The largest absolute Gasteiger partial charge is 0.550 e. The van der Waals surface area contributed by atoms with E-state index in [2.05, 4.69) is 21.5 Å². The molecule has 1 N–H and O–H groups in total. The zero-order chi connectivity index (χ0) is 18.2. The summed E-state index contributed by atoms with van der Waals surface area (Å²) in [4.78, 5) is 25.1. The van der Waals surface area contributed by atoms with Gasteiger partial charge in [0, 0.05) is 4.21 Å². The monoisotopic (exact) mass is 358 g/mol. The topological polar surface area (TPSA) is 103 Å². The molecule has 25 heavy (non-hydrogen) atoms. The Morgan fingerprint density at radius 1 is 1.36 bits per heavy atom. The maximum Gasteiger partial charge on any atom is 0.550 e. The molecule has 3 aromatic heterocycles. The molecule has 0 amide bonds. The molecular weight excluding hydrogens is 342 g/mol. The Morgan fingerprint density at radius 3 is 2.76 bits per heavy atom. The summed E-state index contributed by atoms with van der Waals surface area (Å²) in [5.74, 6) is 0.397. The number of hydrogen-bond donors (Lipinski definition) is 1. The fourth-order valence-corrected chi connectivity index (χ4v) is 2.67. The predicted molar refractivity (Wildman–Crippen MR) is 92.7 cm³/mol. The predicted octanol–water partition coefficient (Wildman–Crippen LogP) is 1.18. The Balaban J connectivity index is 2.38. The summed E-state index contributed by atoms with van der Waals surface area (Å²) in [7, 11) is 0. The number of pyridine rings is 1. The number of fused-ring (bicyclic) bond motifs is 1. The molecular formula is C16H16N5O3S+. The van der Waals surface area contributed by atoms with Crippen LogP contribution in [0, 0.1) is 0 Å². The quantitative estimate of drug-likeness (QED) is 0.417. The molecule has 0 atom stereocenters. The number of aromatic nitrogens is 5. The minimum atomic E-state index is -1.15. The van der Waals surface area contributed by atoms with Gasteiger partial charge in [0.05, 0.1) is 18.4 Å². The van der Waals surface area contributed by atoms with Crippen LogP contribution in [-0.2, 0) is 28.0 Å². The Kier molecular flexibility index (Phi) is 4.27. The van der Waals surface area contributed by atoms with Crippen molar-refractivity contribution in [3.63, 3.8) is 0 Å². The van der Waals surface area contributed by atoms with Crippen molar-refractivity contribution in [1.29, 1.82) is 0 Å². The second kappa shape index (κ2) is 6.26. The second-order valence-electron chi connectivity index (χ2n) is 5.90. The Bertz CT molecular complexity index is 1030. The highest BCUT2D eigenvalue weighted by atomic mass is 32.1. The van der Waals surface area contributed by atoms with E-state index in [0.29, 0.717) is 11.5 Å². The van der Waals surface area contributed by atoms with Crippen LogP contribution in [-0.4, -0.2) is 29.4 Å². The maximum atomic E-state index is 12.6. The van der Waals surface area contributed by atoms with E-state index in [4.69, 9.17) is 0 Å². The zero-order valence-corrected chi connectivity index (χ0v) is 14.5. The van der Waals surface area contributed by atoms with Gasteiger partial charge < -0.3 is 5.11 Å². The normalized spacial score (nSPS) is 11.6. The molecule has 0 saturated heterocycles. The van der Waals surface area contributed by atoms with Gasteiger partial charge in [0.25, 0.3) is 5.56 Å². The lowest BCUT2D eigenvalue weighted by atomic mass is 10.1. The van der Waals surface area contributed by atoms with E-state index in [1.165, 1.54) is 15.6 Å². The molecule has 0 radical (unpaired) electrons. The third-order valence-corrected chi connectivity index (χ3v) is 3.95. The van der Waals surface area contributed by atoms with Crippen molar-refractivity contribution in [1.82, 2.24) is 24.3 Å². The van der Waals surface area contributed by atoms with Gasteiger partial charge in [0.1, 0.15) is 11.0 Å². The number of rotatable bonds is 5. The molecule has 9 heteroatoms. The van der Waals surface area contributed by atoms with Gasteiger partial charge >= 0.3 is 16.8 Å². The van der Waals surface area contributed by atoms with Crippen molar-refractivity contribution in [2.24, 2.45) is 0 Å². The fourth-order valence-electron chi connectivity index (χ4n) is 2.45. The highest BCUT2D eigenvalue weighted by Gasteiger charge is 2.23. The maximum absolute atomic E-state index is 12.6. The minimum absolute atomic E-state index is 0.00986. The highest BCUT2D eigenvalue weighted by Crippen LogP contribution is 2.20. The molecule has 0 aliphatic heterocycles. The summed E-state index contributed by atoms with van der Waals surface area (Å²) < 4.78 is 14.0.